The third kappa shape index (κ3) is 6.83. The number of ether oxygens (including phenoxy) is 1. The molecule has 1 fully saturated rings. The van der Waals surface area contributed by atoms with Crippen molar-refractivity contribution in [3.63, 3.8) is 0 Å². The van der Waals surface area contributed by atoms with E-state index in [2.05, 4.69) is 44.8 Å². The smallest absolute Gasteiger partial charge is 0.191 e. The summed E-state index contributed by atoms with van der Waals surface area (Å²) in [6.45, 7) is 10.2. The topological polar surface area (TPSA) is 69.1 Å². The lowest BCUT2D eigenvalue weighted by Crippen LogP contribution is -2.44. The summed E-state index contributed by atoms with van der Waals surface area (Å²) in [5, 5.41) is 17.3. The summed E-state index contributed by atoms with van der Waals surface area (Å²) in [4.78, 5) is 7.10. The molecule has 1 aliphatic rings. The molecule has 1 unspecified atom stereocenters. The normalized spacial score (nSPS) is 17.4. The summed E-state index contributed by atoms with van der Waals surface area (Å²) in [5.41, 5.74) is 2.38. The lowest BCUT2D eigenvalue weighted by molar-refractivity contribution is 0.0342. The first-order chi connectivity index (χ1) is 14.6. The van der Waals surface area contributed by atoms with E-state index in [-0.39, 0.29) is 0 Å². The Hall–Kier alpha value is -2.41. The number of hydrogen-bond acceptors (Lipinski definition) is 4. The van der Waals surface area contributed by atoms with Gasteiger partial charge in [0.05, 0.1) is 26.3 Å². The zero-order valence-electron chi connectivity index (χ0n) is 18.1. The Bertz CT molecular complexity index is 785. The predicted octanol–water partition coefficient (Wildman–Crippen LogP) is 2.48. The molecule has 3 N–H and O–H groups in total. The minimum Gasteiger partial charge on any atom is -0.384 e. The van der Waals surface area contributed by atoms with Crippen LogP contribution in [0.5, 0.6) is 0 Å². The van der Waals surface area contributed by atoms with Crippen LogP contribution in [0.2, 0.25) is 0 Å². The number of guanidine groups is 1. The van der Waals surface area contributed by atoms with E-state index >= 15 is 0 Å². The van der Waals surface area contributed by atoms with Gasteiger partial charge in [-0.3, -0.25) is 4.90 Å². The number of aliphatic hydroxyl groups is 1. The first-order valence-corrected chi connectivity index (χ1v) is 10.7. The first kappa shape index (κ1) is 22.3. The highest BCUT2D eigenvalue weighted by atomic mass is 16.5. The van der Waals surface area contributed by atoms with E-state index in [1.807, 2.05) is 44.2 Å². The highest BCUT2D eigenvalue weighted by molar-refractivity contribution is 5.79. The van der Waals surface area contributed by atoms with Gasteiger partial charge in [0.1, 0.15) is 5.60 Å². The van der Waals surface area contributed by atoms with Gasteiger partial charge < -0.3 is 20.5 Å². The number of rotatable bonds is 8. The third-order valence-corrected chi connectivity index (χ3v) is 5.29. The largest absolute Gasteiger partial charge is 0.384 e. The van der Waals surface area contributed by atoms with Crippen molar-refractivity contribution in [1.82, 2.24) is 15.5 Å². The Balaban J connectivity index is 1.54. The lowest BCUT2D eigenvalue weighted by atomic mass is 9.96. The fraction of sp³-hybridized carbons (Fsp3) is 0.458. The molecule has 1 atom stereocenters. The molecule has 0 bridgehead atoms. The molecule has 2 aromatic rings. The molecule has 30 heavy (non-hydrogen) atoms. The van der Waals surface area contributed by atoms with Gasteiger partial charge >= 0.3 is 0 Å². The van der Waals surface area contributed by atoms with Crippen LogP contribution in [0.1, 0.15) is 30.5 Å². The zero-order valence-corrected chi connectivity index (χ0v) is 18.1. The number of aliphatic imine (C=N–C) groups is 1. The maximum Gasteiger partial charge on any atom is 0.191 e. The second-order valence-corrected chi connectivity index (χ2v) is 7.89. The second kappa shape index (κ2) is 11.1. The number of morpholine rings is 1. The van der Waals surface area contributed by atoms with Crippen LogP contribution in [-0.2, 0) is 23.4 Å². The van der Waals surface area contributed by atoms with Crippen molar-refractivity contribution in [3.05, 3.63) is 71.3 Å². The van der Waals surface area contributed by atoms with Crippen molar-refractivity contribution in [2.45, 2.75) is 32.5 Å². The summed E-state index contributed by atoms with van der Waals surface area (Å²) in [7, 11) is 0. The Morgan fingerprint density at radius 3 is 2.37 bits per heavy atom. The monoisotopic (exact) mass is 410 g/mol. The fourth-order valence-corrected chi connectivity index (χ4v) is 3.43. The van der Waals surface area contributed by atoms with E-state index in [0.29, 0.717) is 19.0 Å². The van der Waals surface area contributed by atoms with Crippen LogP contribution < -0.4 is 10.6 Å². The molecule has 0 saturated carbocycles. The van der Waals surface area contributed by atoms with E-state index in [0.717, 1.165) is 50.5 Å². The van der Waals surface area contributed by atoms with E-state index in [4.69, 9.17) is 4.74 Å². The molecule has 6 heteroatoms. The summed E-state index contributed by atoms with van der Waals surface area (Å²) in [6, 6.07) is 18.3. The summed E-state index contributed by atoms with van der Waals surface area (Å²) in [5.74, 6) is 0.700. The summed E-state index contributed by atoms with van der Waals surface area (Å²) >= 11 is 0. The number of benzene rings is 2. The molecule has 0 aromatic heterocycles. The van der Waals surface area contributed by atoms with Gasteiger partial charge in [0.25, 0.3) is 0 Å². The van der Waals surface area contributed by atoms with E-state index in [1.165, 1.54) is 5.56 Å². The Morgan fingerprint density at radius 1 is 1.03 bits per heavy atom. The zero-order chi connectivity index (χ0) is 21.2. The number of nitrogens with one attached hydrogen (secondary N) is 2. The van der Waals surface area contributed by atoms with Crippen molar-refractivity contribution in [1.29, 1.82) is 0 Å². The molecule has 0 spiro atoms. The van der Waals surface area contributed by atoms with Gasteiger partial charge in [-0.25, -0.2) is 4.99 Å². The van der Waals surface area contributed by atoms with Crippen LogP contribution >= 0.6 is 0 Å². The van der Waals surface area contributed by atoms with Crippen molar-refractivity contribution >= 4 is 5.96 Å². The van der Waals surface area contributed by atoms with Crippen LogP contribution in [0.3, 0.4) is 0 Å². The number of hydrogen-bond donors (Lipinski definition) is 3. The van der Waals surface area contributed by atoms with Gasteiger partial charge in [0, 0.05) is 26.2 Å². The van der Waals surface area contributed by atoms with Gasteiger partial charge in [0.15, 0.2) is 5.96 Å². The molecule has 1 heterocycles. The molecule has 6 nitrogen and oxygen atoms in total. The molecule has 162 valence electrons. The SMILES string of the molecule is CCNC(=NCc1ccc(CN2CCOCC2)cc1)NCC(C)(O)c1ccccc1. The third-order valence-electron chi connectivity index (χ3n) is 5.29. The van der Waals surface area contributed by atoms with Crippen LogP contribution in [-0.4, -0.2) is 55.4 Å². The van der Waals surface area contributed by atoms with Crippen LogP contribution in [0, 0.1) is 0 Å². The van der Waals surface area contributed by atoms with E-state index < -0.39 is 5.60 Å². The van der Waals surface area contributed by atoms with E-state index in [9.17, 15) is 5.11 Å². The van der Waals surface area contributed by atoms with Gasteiger partial charge in [-0.15, -0.1) is 0 Å². The molecule has 0 radical (unpaired) electrons. The predicted molar refractivity (Wildman–Crippen MR) is 121 cm³/mol. The van der Waals surface area contributed by atoms with Crippen LogP contribution in [0.15, 0.2) is 59.6 Å². The number of nitrogens with zero attached hydrogens (tertiary/aromatic N) is 2. The molecule has 3 rings (SSSR count). The van der Waals surface area contributed by atoms with E-state index in [1.54, 1.807) is 0 Å². The van der Waals surface area contributed by atoms with Crippen molar-refractivity contribution in [3.8, 4) is 0 Å². The Kier molecular flexibility index (Phi) is 8.25. The fourth-order valence-electron chi connectivity index (χ4n) is 3.43. The Morgan fingerprint density at radius 2 is 1.70 bits per heavy atom. The standard InChI is InChI=1S/C24H34N4O2/c1-3-25-23(27-19-24(2,29)22-7-5-4-6-8-22)26-17-20-9-11-21(12-10-20)18-28-13-15-30-16-14-28/h4-12,29H,3,13-19H2,1-2H3,(H2,25,26,27). The van der Waals surface area contributed by atoms with Gasteiger partial charge in [-0.1, -0.05) is 54.6 Å². The Labute approximate surface area is 180 Å². The minimum absolute atomic E-state index is 0.376. The maximum atomic E-state index is 10.8. The van der Waals surface area contributed by atoms with Crippen molar-refractivity contribution in [2.24, 2.45) is 4.99 Å². The van der Waals surface area contributed by atoms with Gasteiger partial charge in [-0.2, -0.15) is 0 Å². The average molecular weight is 411 g/mol. The van der Waals surface area contributed by atoms with Crippen LogP contribution in [0.4, 0.5) is 0 Å². The minimum atomic E-state index is -0.974. The molecular formula is C24H34N4O2. The maximum absolute atomic E-state index is 10.8. The molecule has 0 amide bonds. The van der Waals surface area contributed by atoms with Crippen molar-refractivity contribution in [2.75, 3.05) is 39.4 Å². The highest BCUT2D eigenvalue weighted by Crippen LogP contribution is 2.18. The molecule has 2 aromatic carbocycles. The van der Waals surface area contributed by atoms with Gasteiger partial charge in [0.2, 0.25) is 0 Å². The van der Waals surface area contributed by atoms with Crippen molar-refractivity contribution < 1.29 is 9.84 Å². The first-order valence-electron chi connectivity index (χ1n) is 10.7. The average Bonchev–Trinajstić information content (AvgIpc) is 2.78. The molecule has 1 aliphatic heterocycles. The summed E-state index contributed by atoms with van der Waals surface area (Å²) < 4.78 is 5.41. The summed E-state index contributed by atoms with van der Waals surface area (Å²) in [6.07, 6.45) is 0. The molecule has 1 saturated heterocycles. The molecule has 0 aliphatic carbocycles. The van der Waals surface area contributed by atoms with Gasteiger partial charge in [-0.05, 0) is 30.5 Å². The lowest BCUT2D eigenvalue weighted by Gasteiger charge is -2.26. The quantitative estimate of drug-likeness (QED) is 0.461. The highest BCUT2D eigenvalue weighted by Gasteiger charge is 2.22. The second-order valence-electron chi connectivity index (χ2n) is 7.89. The molecular weight excluding hydrogens is 376 g/mol. The van der Waals surface area contributed by atoms with Crippen LogP contribution in [0.25, 0.3) is 0 Å².